The second-order valence-corrected chi connectivity index (χ2v) is 7.05. The van der Waals surface area contributed by atoms with Crippen LogP contribution in [0.2, 0.25) is 0 Å². The Labute approximate surface area is 138 Å². The molecule has 1 fully saturated rings. The van der Waals surface area contributed by atoms with E-state index in [-0.39, 0.29) is 12.2 Å². The van der Waals surface area contributed by atoms with E-state index >= 15 is 0 Å². The number of ether oxygens (including phenoxy) is 2. The van der Waals surface area contributed by atoms with Crippen LogP contribution >= 0.6 is 0 Å². The van der Waals surface area contributed by atoms with Crippen molar-refractivity contribution in [3.63, 3.8) is 0 Å². The molecule has 0 bridgehead atoms. The molecule has 0 N–H and O–H groups in total. The second kappa shape index (κ2) is 7.02. The maximum absolute atomic E-state index is 12.1. The largest absolute Gasteiger partial charge is 0.475 e. The maximum atomic E-state index is 12.1. The number of hydrogen-bond acceptors (Lipinski definition) is 4. The summed E-state index contributed by atoms with van der Waals surface area (Å²) in [5, 5.41) is 0. The van der Waals surface area contributed by atoms with Crippen LogP contribution in [0.4, 0.5) is 4.79 Å². The first-order valence-electron chi connectivity index (χ1n) is 8.03. The first kappa shape index (κ1) is 17.3. The highest BCUT2D eigenvalue weighted by Crippen LogP contribution is 2.22. The van der Waals surface area contributed by atoms with Crippen molar-refractivity contribution >= 4 is 12.2 Å². The fourth-order valence-electron chi connectivity index (χ4n) is 2.34. The summed E-state index contributed by atoms with van der Waals surface area (Å²) in [4.78, 5) is 18.0. The van der Waals surface area contributed by atoms with Crippen molar-refractivity contribution in [2.24, 2.45) is 0 Å². The number of amides is 1. The molecule has 0 saturated carbocycles. The molecule has 126 valence electrons. The zero-order valence-electron chi connectivity index (χ0n) is 14.6. The Kier molecular flexibility index (Phi) is 5.29. The predicted octanol–water partition coefficient (Wildman–Crippen LogP) is 3.89. The van der Waals surface area contributed by atoms with Gasteiger partial charge in [-0.2, -0.15) is 0 Å². The van der Waals surface area contributed by atoms with Crippen LogP contribution in [-0.2, 0) is 4.74 Å². The van der Waals surface area contributed by atoms with Crippen molar-refractivity contribution in [1.82, 2.24) is 9.88 Å². The van der Waals surface area contributed by atoms with Crippen molar-refractivity contribution < 1.29 is 14.3 Å². The van der Waals surface area contributed by atoms with E-state index in [0.29, 0.717) is 19.0 Å². The molecule has 23 heavy (non-hydrogen) atoms. The van der Waals surface area contributed by atoms with Gasteiger partial charge in [0, 0.05) is 25.4 Å². The number of carbonyl (C=O) groups excluding carboxylic acids is 1. The molecule has 1 aliphatic heterocycles. The van der Waals surface area contributed by atoms with Crippen molar-refractivity contribution in [1.29, 1.82) is 0 Å². The third-order valence-corrected chi connectivity index (χ3v) is 3.23. The Morgan fingerprint density at radius 2 is 2.13 bits per heavy atom. The number of nitrogens with zero attached hydrogens (tertiary/aromatic N) is 2. The number of rotatable bonds is 3. The fourth-order valence-corrected chi connectivity index (χ4v) is 2.34. The van der Waals surface area contributed by atoms with Gasteiger partial charge < -0.3 is 14.4 Å². The molecule has 1 aliphatic rings. The summed E-state index contributed by atoms with van der Waals surface area (Å²) >= 11 is 0. The van der Waals surface area contributed by atoms with Gasteiger partial charge in [-0.3, -0.25) is 0 Å². The van der Waals surface area contributed by atoms with Gasteiger partial charge in [0.1, 0.15) is 5.60 Å². The molecule has 1 saturated heterocycles. The minimum Gasteiger partial charge on any atom is -0.475 e. The Morgan fingerprint density at radius 1 is 1.39 bits per heavy atom. The summed E-state index contributed by atoms with van der Waals surface area (Å²) in [5.41, 5.74) is 1.78. The average Bonchev–Trinajstić information content (AvgIpc) is 2.85. The molecule has 0 aromatic carbocycles. The van der Waals surface area contributed by atoms with Gasteiger partial charge in [-0.25, -0.2) is 9.78 Å². The normalized spacial score (nSPS) is 17.0. The number of carbonyl (C=O) groups is 1. The monoisotopic (exact) mass is 318 g/mol. The summed E-state index contributed by atoms with van der Waals surface area (Å²) in [6.45, 7) is 10.9. The standard InChI is InChI=1S/C18H26N2O3/c1-13(2)22-16-11-14(6-8-19-16)10-15-7-9-20(12-15)17(21)23-18(3,4)5/h6,8,10-11,13H,7,9,12H2,1-5H3/b15-10+. The quantitative estimate of drug-likeness (QED) is 0.848. The zero-order valence-corrected chi connectivity index (χ0v) is 14.6. The molecular formula is C18H26N2O3. The summed E-state index contributed by atoms with van der Waals surface area (Å²) in [5.74, 6) is 0.622. The highest BCUT2D eigenvalue weighted by Gasteiger charge is 2.26. The van der Waals surface area contributed by atoms with Gasteiger partial charge in [-0.05, 0) is 58.2 Å². The predicted molar refractivity (Wildman–Crippen MR) is 90.4 cm³/mol. The van der Waals surface area contributed by atoms with E-state index in [4.69, 9.17) is 9.47 Å². The van der Waals surface area contributed by atoms with E-state index in [9.17, 15) is 4.79 Å². The van der Waals surface area contributed by atoms with E-state index in [2.05, 4.69) is 11.1 Å². The molecule has 0 atom stereocenters. The van der Waals surface area contributed by atoms with Gasteiger partial charge in [0.05, 0.1) is 6.10 Å². The maximum Gasteiger partial charge on any atom is 0.410 e. The van der Waals surface area contributed by atoms with Gasteiger partial charge in [-0.15, -0.1) is 0 Å². The molecule has 1 aromatic rings. The van der Waals surface area contributed by atoms with Crippen LogP contribution < -0.4 is 4.74 Å². The fraction of sp³-hybridized carbons (Fsp3) is 0.556. The summed E-state index contributed by atoms with van der Waals surface area (Å²) in [6, 6.07) is 3.86. The van der Waals surface area contributed by atoms with Crippen LogP contribution in [0.3, 0.4) is 0 Å². The second-order valence-electron chi connectivity index (χ2n) is 7.05. The Morgan fingerprint density at radius 3 is 2.78 bits per heavy atom. The van der Waals surface area contributed by atoms with E-state index in [1.54, 1.807) is 11.1 Å². The smallest absolute Gasteiger partial charge is 0.410 e. The van der Waals surface area contributed by atoms with Gasteiger partial charge in [0.15, 0.2) is 0 Å². The van der Waals surface area contributed by atoms with E-state index in [0.717, 1.165) is 12.0 Å². The molecule has 0 radical (unpaired) electrons. The Balaban J connectivity index is 2.01. The Hall–Kier alpha value is -2.04. The highest BCUT2D eigenvalue weighted by molar-refractivity contribution is 5.70. The lowest BCUT2D eigenvalue weighted by atomic mass is 10.1. The molecule has 1 amide bonds. The van der Waals surface area contributed by atoms with Crippen molar-refractivity contribution in [2.45, 2.75) is 52.7 Å². The van der Waals surface area contributed by atoms with Crippen LogP contribution in [0.1, 0.15) is 46.6 Å². The molecule has 5 heteroatoms. The molecule has 0 aliphatic carbocycles. The average molecular weight is 318 g/mol. The van der Waals surface area contributed by atoms with E-state index in [1.165, 1.54) is 5.57 Å². The molecule has 0 spiro atoms. The third-order valence-electron chi connectivity index (χ3n) is 3.23. The van der Waals surface area contributed by atoms with Gasteiger partial charge >= 0.3 is 6.09 Å². The number of likely N-dealkylation sites (tertiary alicyclic amines) is 1. The van der Waals surface area contributed by atoms with Crippen molar-refractivity contribution in [2.75, 3.05) is 13.1 Å². The van der Waals surface area contributed by atoms with Crippen molar-refractivity contribution in [3.05, 3.63) is 29.5 Å². The van der Waals surface area contributed by atoms with Crippen molar-refractivity contribution in [3.8, 4) is 5.88 Å². The number of hydrogen-bond donors (Lipinski definition) is 0. The molecule has 2 heterocycles. The summed E-state index contributed by atoms with van der Waals surface area (Å²) < 4.78 is 11.0. The number of pyridine rings is 1. The first-order valence-corrected chi connectivity index (χ1v) is 8.03. The third kappa shape index (κ3) is 5.58. The molecule has 0 unspecified atom stereocenters. The number of aromatic nitrogens is 1. The van der Waals surface area contributed by atoms with Crippen LogP contribution in [0.5, 0.6) is 5.88 Å². The summed E-state index contributed by atoms with van der Waals surface area (Å²) in [6.07, 6.45) is 4.55. The minimum absolute atomic E-state index is 0.0968. The molecular weight excluding hydrogens is 292 g/mol. The minimum atomic E-state index is -0.461. The topological polar surface area (TPSA) is 51.7 Å². The molecule has 5 nitrogen and oxygen atoms in total. The van der Waals surface area contributed by atoms with Crippen LogP contribution in [0.25, 0.3) is 6.08 Å². The van der Waals surface area contributed by atoms with E-state index < -0.39 is 5.60 Å². The lowest BCUT2D eigenvalue weighted by molar-refractivity contribution is 0.0299. The van der Waals surface area contributed by atoms with Gasteiger partial charge in [0.25, 0.3) is 0 Å². The Bertz CT molecular complexity index is 588. The molecule has 1 aromatic heterocycles. The lowest BCUT2D eigenvalue weighted by Gasteiger charge is -2.23. The van der Waals surface area contributed by atoms with Gasteiger partial charge in [-0.1, -0.05) is 6.08 Å². The summed E-state index contributed by atoms with van der Waals surface area (Å²) in [7, 11) is 0. The van der Waals surface area contributed by atoms with Gasteiger partial charge in [0.2, 0.25) is 5.88 Å². The van der Waals surface area contributed by atoms with Crippen LogP contribution in [0, 0.1) is 0 Å². The van der Waals surface area contributed by atoms with Crippen LogP contribution in [-0.4, -0.2) is 40.8 Å². The van der Waals surface area contributed by atoms with Crippen LogP contribution in [0.15, 0.2) is 23.9 Å². The first-order chi connectivity index (χ1) is 10.7. The lowest BCUT2D eigenvalue weighted by Crippen LogP contribution is -2.34. The van der Waals surface area contributed by atoms with E-state index in [1.807, 2.05) is 46.8 Å². The molecule has 2 rings (SSSR count). The SMILES string of the molecule is CC(C)Oc1cc(/C=C2\CCN(C(=O)OC(C)(C)C)C2)ccn1. The zero-order chi connectivity index (χ0) is 17.0. The highest BCUT2D eigenvalue weighted by atomic mass is 16.6.